The van der Waals surface area contributed by atoms with E-state index in [1.807, 2.05) is 71.4 Å². The van der Waals surface area contributed by atoms with E-state index in [0.29, 0.717) is 6.42 Å². The van der Waals surface area contributed by atoms with Gasteiger partial charge in [-0.15, -0.1) is 0 Å². The Kier molecular flexibility index (Phi) is 5.39. The van der Waals surface area contributed by atoms with Gasteiger partial charge in [0, 0.05) is 17.9 Å². The summed E-state index contributed by atoms with van der Waals surface area (Å²) in [5.41, 5.74) is 6.31. The van der Waals surface area contributed by atoms with E-state index < -0.39 is 0 Å². The molecule has 0 aliphatic rings. The van der Waals surface area contributed by atoms with Crippen molar-refractivity contribution in [3.8, 4) is 16.9 Å². The van der Waals surface area contributed by atoms with Gasteiger partial charge < -0.3 is 0 Å². The van der Waals surface area contributed by atoms with E-state index in [-0.39, 0.29) is 11.7 Å². The fourth-order valence-corrected chi connectivity index (χ4v) is 3.80. The van der Waals surface area contributed by atoms with Gasteiger partial charge in [0.05, 0.1) is 17.1 Å². The lowest BCUT2D eigenvalue weighted by Crippen LogP contribution is -2.13. The van der Waals surface area contributed by atoms with Gasteiger partial charge in [0.25, 0.3) is 0 Å². The molecule has 4 rings (SSSR count). The Bertz CT molecular complexity index is 1100. The fourth-order valence-electron chi connectivity index (χ4n) is 3.80. The van der Waals surface area contributed by atoms with Gasteiger partial charge in [-0.1, -0.05) is 78.9 Å². The summed E-state index contributed by atoms with van der Waals surface area (Å²) in [6.45, 7) is 3.77. The molecule has 0 amide bonds. The van der Waals surface area contributed by atoms with Gasteiger partial charge in [-0.2, -0.15) is 5.10 Å². The topological polar surface area (TPSA) is 34.9 Å². The van der Waals surface area contributed by atoms with Crippen LogP contribution in [0.2, 0.25) is 0 Å². The van der Waals surface area contributed by atoms with E-state index in [1.54, 1.807) is 6.92 Å². The molecule has 0 aliphatic heterocycles. The number of aromatic nitrogens is 2. The summed E-state index contributed by atoms with van der Waals surface area (Å²) in [7, 11) is 0. The molecule has 0 bridgehead atoms. The molecule has 144 valence electrons. The van der Waals surface area contributed by atoms with Crippen molar-refractivity contribution in [2.24, 2.45) is 0 Å². The summed E-state index contributed by atoms with van der Waals surface area (Å²) < 4.78 is 2.00. The molecule has 1 heterocycles. The maximum absolute atomic E-state index is 12.5. The highest BCUT2D eigenvalue weighted by atomic mass is 16.1. The Morgan fingerprint density at radius 1 is 0.862 bits per heavy atom. The third-order valence-corrected chi connectivity index (χ3v) is 5.36. The molecule has 0 fully saturated rings. The zero-order valence-electron chi connectivity index (χ0n) is 16.7. The van der Waals surface area contributed by atoms with E-state index in [4.69, 9.17) is 5.10 Å². The van der Waals surface area contributed by atoms with Crippen molar-refractivity contribution in [3.05, 3.63) is 108 Å². The van der Waals surface area contributed by atoms with Gasteiger partial charge in [0.2, 0.25) is 0 Å². The summed E-state index contributed by atoms with van der Waals surface area (Å²) in [5.74, 6) is -0.0382. The zero-order chi connectivity index (χ0) is 20.2. The molecule has 3 aromatic carbocycles. The highest BCUT2D eigenvalue weighted by Gasteiger charge is 2.23. The maximum Gasteiger partial charge on any atom is 0.137 e. The van der Waals surface area contributed by atoms with Crippen LogP contribution in [0.5, 0.6) is 0 Å². The van der Waals surface area contributed by atoms with Crippen LogP contribution < -0.4 is 0 Å². The van der Waals surface area contributed by atoms with Crippen molar-refractivity contribution >= 4 is 5.78 Å². The molecule has 1 aromatic heterocycles. The van der Waals surface area contributed by atoms with Crippen molar-refractivity contribution < 1.29 is 4.79 Å². The van der Waals surface area contributed by atoms with E-state index in [2.05, 4.69) is 31.2 Å². The average molecular weight is 380 g/mol. The first-order valence-corrected chi connectivity index (χ1v) is 9.90. The Balaban J connectivity index is 1.83. The fraction of sp³-hybridized carbons (Fsp3) is 0.154. The summed E-state index contributed by atoms with van der Waals surface area (Å²) in [5, 5.41) is 4.97. The second kappa shape index (κ2) is 8.27. The zero-order valence-corrected chi connectivity index (χ0v) is 16.7. The van der Waals surface area contributed by atoms with Gasteiger partial charge in [0.15, 0.2) is 0 Å². The van der Waals surface area contributed by atoms with Gasteiger partial charge in [0.1, 0.15) is 5.78 Å². The van der Waals surface area contributed by atoms with Gasteiger partial charge in [-0.25, -0.2) is 4.68 Å². The minimum Gasteiger partial charge on any atom is -0.299 e. The van der Waals surface area contributed by atoms with Crippen LogP contribution >= 0.6 is 0 Å². The number of benzene rings is 3. The molecule has 0 spiro atoms. The number of Topliss-reactive ketones (excluding diaryl/α,β-unsaturated/α-hetero) is 1. The number of rotatable bonds is 6. The first kappa shape index (κ1) is 18.9. The largest absolute Gasteiger partial charge is 0.299 e. The molecule has 0 saturated heterocycles. The maximum atomic E-state index is 12.5. The minimum absolute atomic E-state index is 0.158. The van der Waals surface area contributed by atoms with Crippen molar-refractivity contribution in [1.29, 1.82) is 0 Å². The molecule has 0 N–H and O–H groups in total. The summed E-state index contributed by atoms with van der Waals surface area (Å²) in [6, 6.07) is 30.4. The smallest absolute Gasteiger partial charge is 0.137 e. The lowest BCUT2D eigenvalue weighted by atomic mass is 9.89. The molecule has 0 radical (unpaired) electrons. The third kappa shape index (κ3) is 3.90. The van der Waals surface area contributed by atoms with Crippen molar-refractivity contribution in [2.45, 2.75) is 26.2 Å². The van der Waals surface area contributed by atoms with Gasteiger partial charge >= 0.3 is 0 Å². The lowest BCUT2D eigenvalue weighted by Gasteiger charge is -2.13. The minimum atomic E-state index is -0.197. The molecule has 1 atom stereocenters. The van der Waals surface area contributed by atoms with E-state index >= 15 is 0 Å². The molecule has 3 nitrogen and oxygen atoms in total. The quantitative estimate of drug-likeness (QED) is 0.426. The highest BCUT2D eigenvalue weighted by Crippen LogP contribution is 2.31. The predicted molar refractivity (Wildman–Crippen MR) is 117 cm³/mol. The number of hydrogen-bond acceptors (Lipinski definition) is 2. The number of nitrogens with zero attached hydrogens (tertiary/aromatic N) is 2. The standard InChI is InChI=1S/C26H24N2O/c1-19-25(18-24(20(2)29)21-12-6-3-7-13-21)27-28(23-16-10-5-11-17-23)26(19)22-14-8-4-9-15-22/h3-17,24H,18H2,1-2H3. The number of carbonyl (C=O) groups is 1. The molecular weight excluding hydrogens is 356 g/mol. The Morgan fingerprint density at radius 2 is 1.41 bits per heavy atom. The van der Waals surface area contributed by atoms with Crippen LogP contribution in [-0.4, -0.2) is 15.6 Å². The second-order valence-corrected chi connectivity index (χ2v) is 7.31. The monoisotopic (exact) mass is 380 g/mol. The van der Waals surface area contributed by atoms with Gasteiger partial charge in [-0.3, -0.25) is 4.79 Å². The molecule has 0 saturated carbocycles. The Hall–Kier alpha value is -3.46. The van der Waals surface area contributed by atoms with E-state index in [0.717, 1.165) is 33.8 Å². The molecule has 3 heteroatoms. The first-order chi connectivity index (χ1) is 14.1. The average Bonchev–Trinajstić information content (AvgIpc) is 3.09. The second-order valence-electron chi connectivity index (χ2n) is 7.31. The van der Waals surface area contributed by atoms with Crippen LogP contribution in [0.4, 0.5) is 0 Å². The third-order valence-electron chi connectivity index (χ3n) is 5.36. The molecule has 4 aromatic rings. The van der Waals surface area contributed by atoms with Crippen molar-refractivity contribution in [3.63, 3.8) is 0 Å². The number of para-hydroxylation sites is 1. The van der Waals surface area contributed by atoms with Crippen LogP contribution in [0.15, 0.2) is 91.0 Å². The van der Waals surface area contributed by atoms with Crippen LogP contribution in [0, 0.1) is 6.92 Å². The molecule has 29 heavy (non-hydrogen) atoms. The molecule has 1 unspecified atom stereocenters. The Morgan fingerprint density at radius 3 is 2.00 bits per heavy atom. The summed E-state index contributed by atoms with van der Waals surface area (Å²) >= 11 is 0. The number of ketones is 1. The van der Waals surface area contributed by atoms with Crippen LogP contribution in [0.1, 0.15) is 29.7 Å². The summed E-state index contributed by atoms with van der Waals surface area (Å²) in [4.78, 5) is 12.5. The van der Waals surface area contributed by atoms with Crippen LogP contribution in [0.3, 0.4) is 0 Å². The predicted octanol–water partition coefficient (Wildman–Crippen LogP) is 5.76. The molecule has 0 aliphatic carbocycles. The van der Waals surface area contributed by atoms with E-state index in [1.165, 1.54) is 0 Å². The van der Waals surface area contributed by atoms with Crippen LogP contribution in [0.25, 0.3) is 16.9 Å². The highest BCUT2D eigenvalue weighted by molar-refractivity contribution is 5.83. The van der Waals surface area contributed by atoms with Crippen molar-refractivity contribution in [2.75, 3.05) is 0 Å². The normalized spacial score (nSPS) is 11.9. The van der Waals surface area contributed by atoms with Crippen LogP contribution in [-0.2, 0) is 11.2 Å². The number of carbonyl (C=O) groups excluding carboxylic acids is 1. The van der Waals surface area contributed by atoms with Crippen molar-refractivity contribution in [1.82, 2.24) is 9.78 Å². The molecular formula is C26H24N2O. The first-order valence-electron chi connectivity index (χ1n) is 9.90. The van der Waals surface area contributed by atoms with Gasteiger partial charge in [-0.05, 0) is 37.1 Å². The number of hydrogen-bond donors (Lipinski definition) is 0. The van der Waals surface area contributed by atoms with E-state index in [9.17, 15) is 4.79 Å². The lowest BCUT2D eigenvalue weighted by molar-refractivity contribution is -0.118. The SMILES string of the molecule is CC(=O)C(Cc1nn(-c2ccccc2)c(-c2ccccc2)c1C)c1ccccc1. The Labute approximate surface area is 171 Å². The summed E-state index contributed by atoms with van der Waals surface area (Å²) in [6.07, 6.45) is 0.588.